The van der Waals surface area contributed by atoms with Gasteiger partial charge in [-0.1, -0.05) is 93.6 Å². The van der Waals surface area contributed by atoms with E-state index in [1.54, 1.807) is 12.2 Å². The zero-order valence-electron chi connectivity index (χ0n) is 21.5. The van der Waals surface area contributed by atoms with E-state index in [0.717, 1.165) is 0 Å². The molecule has 4 rings (SSSR count). The number of rotatable bonds is 9. The standard InChI is InChI=1S/C29H38O5Si/c1-8-20-30-29(9-2)24(32-26-25(29)33-28(6,7)34-26)21-31-35(27(3,4)5,22-16-12-10-13-17-22)23-18-14-11-15-19-23/h8-19,24-26H,1-2,20-21H2,3-7H3/t24-,25+,26-,29-/m0/s1. The molecule has 2 aliphatic rings. The third-order valence-corrected chi connectivity index (χ3v) is 11.9. The molecule has 2 saturated heterocycles. The van der Waals surface area contributed by atoms with Gasteiger partial charge >= 0.3 is 0 Å². The van der Waals surface area contributed by atoms with Gasteiger partial charge in [0.15, 0.2) is 12.1 Å². The molecule has 0 amide bonds. The lowest BCUT2D eigenvalue weighted by Crippen LogP contribution is -2.67. The van der Waals surface area contributed by atoms with Gasteiger partial charge in [-0.25, -0.2) is 0 Å². The van der Waals surface area contributed by atoms with E-state index < -0.39 is 38.2 Å². The van der Waals surface area contributed by atoms with Crippen molar-refractivity contribution < 1.29 is 23.4 Å². The second-order valence-electron chi connectivity index (χ2n) is 10.7. The van der Waals surface area contributed by atoms with E-state index in [2.05, 4.69) is 82.5 Å². The minimum absolute atomic E-state index is 0.155. The van der Waals surface area contributed by atoms with E-state index >= 15 is 0 Å². The predicted octanol–water partition coefficient (Wildman–Crippen LogP) is 4.57. The van der Waals surface area contributed by atoms with Crippen LogP contribution in [0.25, 0.3) is 0 Å². The van der Waals surface area contributed by atoms with Gasteiger partial charge in [0.25, 0.3) is 8.32 Å². The van der Waals surface area contributed by atoms with E-state index in [0.29, 0.717) is 13.2 Å². The molecule has 5 nitrogen and oxygen atoms in total. The highest BCUT2D eigenvalue weighted by atomic mass is 28.4. The minimum Gasteiger partial charge on any atom is -0.405 e. The summed E-state index contributed by atoms with van der Waals surface area (Å²) in [5.74, 6) is -0.773. The van der Waals surface area contributed by atoms with Crippen molar-refractivity contribution in [2.45, 2.75) is 69.5 Å². The van der Waals surface area contributed by atoms with Gasteiger partial charge in [-0.05, 0) is 29.3 Å². The Morgan fingerprint density at radius 3 is 2.00 bits per heavy atom. The third-order valence-electron chi connectivity index (χ3n) is 6.94. The number of benzene rings is 2. The van der Waals surface area contributed by atoms with Gasteiger partial charge in [0.2, 0.25) is 0 Å². The van der Waals surface area contributed by atoms with E-state index in [4.69, 9.17) is 23.4 Å². The number of hydrogen-bond donors (Lipinski definition) is 0. The topological polar surface area (TPSA) is 46.2 Å². The maximum absolute atomic E-state index is 7.15. The fourth-order valence-electron chi connectivity index (χ4n) is 5.40. The average molecular weight is 495 g/mol. The van der Waals surface area contributed by atoms with Crippen LogP contribution in [0.15, 0.2) is 86.0 Å². The maximum atomic E-state index is 7.15. The van der Waals surface area contributed by atoms with E-state index in [1.165, 1.54) is 10.4 Å². The lowest BCUT2D eigenvalue weighted by Gasteiger charge is -2.44. The monoisotopic (exact) mass is 494 g/mol. The van der Waals surface area contributed by atoms with Gasteiger partial charge in [-0.2, -0.15) is 0 Å². The van der Waals surface area contributed by atoms with Crippen LogP contribution in [0.2, 0.25) is 5.04 Å². The molecule has 0 radical (unpaired) electrons. The quantitative estimate of drug-likeness (QED) is 0.378. The first-order chi connectivity index (χ1) is 16.6. The first-order valence-corrected chi connectivity index (χ1v) is 14.1. The van der Waals surface area contributed by atoms with Crippen LogP contribution in [0.1, 0.15) is 34.6 Å². The predicted molar refractivity (Wildman–Crippen MR) is 141 cm³/mol. The summed E-state index contributed by atoms with van der Waals surface area (Å²) in [5, 5.41) is 2.27. The molecule has 2 heterocycles. The SMILES string of the molecule is C=CCO[C@@]1(C=C)[C@H](CO[Si](c2ccccc2)(c2ccccc2)C(C)(C)C)O[C@H]2OC(C)(C)O[C@H]21. The first-order valence-electron chi connectivity index (χ1n) is 12.2. The summed E-state index contributed by atoms with van der Waals surface area (Å²) < 4.78 is 32.2. The lowest BCUT2D eigenvalue weighted by atomic mass is 9.92. The summed E-state index contributed by atoms with van der Waals surface area (Å²) >= 11 is 0. The smallest absolute Gasteiger partial charge is 0.261 e. The largest absolute Gasteiger partial charge is 0.405 e. The molecule has 0 unspecified atom stereocenters. The highest BCUT2D eigenvalue weighted by molar-refractivity contribution is 6.99. The van der Waals surface area contributed by atoms with Crippen LogP contribution >= 0.6 is 0 Å². The molecule has 4 atom stereocenters. The minimum atomic E-state index is -2.76. The zero-order valence-corrected chi connectivity index (χ0v) is 22.5. The molecule has 6 heteroatoms. The summed E-state index contributed by atoms with van der Waals surface area (Å²) in [5.41, 5.74) is -0.933. The Morgan fingerprint density at radius 1 is 0.943 bits per heavy atom. The van der Waals surface area contributed by atoms with Gasteiger partial charge < -0.3 is 23.4 Å². The molecule has 2 aromatic carbocycles. The summed E-state index contributed by atoms with van der Waals surface area (Å²) in [6.45, 7) is 19.1. The van der Waals surface area contributed by atoms with Crippen molar-refractivity contribution in [3.05, 3.63) is 86.0 Å². The zero-order chi connectivity index (χ0) is 25.3. The summed E-state index contributed by atoms with van der Waals surface area (Å²) in [6.07, 6.45) is 2.02. The van der Waals surface area contributed by atoms with Gasteiger partial charge in [-0.15, -0.1) is 13.2 Å². The summed E-state index contributed by atoms with van der Waals surface area (Å²) in [7, 11) is -2.76. The highest BCUT2D eigenvalue weighted by Gasteiger charge is 2.64. The molecule has 35 heavy (non-hydrogen) atoms. The summed E-state index contributed by atoms with van der Waals surface area (Å²) in [6, 6.07) is 21.1. The van der Waals surface area contributed by atoms with E-state index in [9.17, 15) is 0 Å². The van der Waals surface area contributed by atoms with Crippen molar-refractivity contribution in [1.29, 1.82) is 0 Å². The Kier molecular flexibility index (Phi) is 7.26. The molecule has 2 aromatic rings. The number of ether oxygens (including phenoxy) is 4. The molecule has 0 bridgehead atoms. The Hall–Kier alpha value is -2.06. The fraction of sp³-hybridized carbons (Fsp3) is 0.448. The Labute approximate surface area is 210 Å². The summed E-state index contributed by atoms with van der Waals surface area (Å²) in [4.78, 5) is 0. The Bertz CT molecular complexity index is 977. The van der Waals surface area contributed by atoms with Crippen LogP contribution in [0.3, 0.4) is 0 Å². The van der Waals surface area contributed by atoms with Crippen LogP contribution in [-0.2, 0) is 23.4 Å². The van der Waals surface area contributed by atoms with Crippen LogP contribution in [0.4, 0.5) is 0 Å². The second kappa shape index (κ2) is 9.77. The second-order valence-corrected chi connectivity index (χ2v) is 15.0. The van der Waals surface area contributed by atoms with Crippen LogP contribution in [-0.4, -0.2) is 51.4 Å². The van der Waals surface area contributed by atoms with Crippen LogP contribution < -0.4 is 10.4 Å². The Balaban J connectivity index is 1.74. The van der Waals surface area contributed by atoms with Crippen molar-refractivity contribution >= 4 is 18.7 Å². The normalized spacial score (nSPS) is 28.0. The van der Waals surface area contributed by atoms with E-state index in [-0.39, 0.29) is 5.04 Å². The van der Waals surface area contributed by atoms with Crippen molar-refractivity contribution in [2.24, 2.45) is 0 Å². The highest BCUT2D eigenvalue weighted by Crippen LogP contribution is 2.46. The number of hydrogen-bond acceptors (Lipinski definition) is 5. The van der Waals surface area contributed by atoms with Gasteiger partial charge in [-0.3, -0.25) is 0 Å². The van der Waals surface area contributed by atoms with E-state index in [1.807, 2.05) is 26.0 Å². The molecular formula is C29H38O5Si. The van der Waals surface area contributed by atoms with Crippen molar-refractivity contribution in [3.8, 4) is 0 Å². The first kappa shape index (κ1) is 26.0. The third kappa shape index (κ3) is 4.59. The van der Waals surface area contributed by atoms with Gasteiger partial charge in [0, 0.05) is 0 Å². The molecule has 2 fully saturated rings. The maximum Gasteiger partial charge on any atom is 0.261 e. The molecular weight excluding hydrogens is 456 g/mol. The van der Waals surface area contributed by atoms with Crippen molar-refractivity contribution in [3.63, 3.8) is 0 Å². The fourth-order valence-corrected chi connectivity index (χ4v) is 9.96. The van der Waals surface area contributed by atoms with Crippen molar-refractivity contribution in [1.82, 2.24) is 0 Å². The number of fused-ring (bicyclic) bond motifs is 1. The molecule has 188 valence electrons. The van der Waals surface area contributed by atoms with Gasteiger partial charge in [0.1, 0.15) is 17.8 Å². The molecule has 0 spiro atoms. The van der Waals surface area contributed by atoms with Crippen LogP contribution in [0, 0.1) is 0 Å². The molecule has 0 saturated carbocycles. The molecule has 0 aliphatic carbocycles. The van der Waals surface area contributed by atoms with Crippen LogP contribution in [0.5, 0.6) is 0 Å². The molecule has 0 N–H and O–H groups in total. The average Bonchev–Trinajstić information content (AvgIpc) is 3.28. The molecule has 0 aromatic heterocycles. The molecule has 2 aliphatic heterocycles. The van der Waals surface area contributed by atoms with Crippen molar-refractivity contribution in [2.75, 3.05) is 13.2 Å². The van der Waals surface area contributed by atoms with Gasteiger partial charge in [0.05, 0.1) is 13.2 Å². The lowest BCUT2D eigenvalue weighted by molar-refractivity contribution is -0.231. The Morgan fingerprint density at radius 2 is 1.51 bits per heavy atom.